The minimum Gasteiger partial charge on any atom is -0.497 e. The standard InChI is InChI=1S/C20H21NO2/c1-23-15-10-11-18-17(12-15)16-8-5-9-19(22)20(16)21(18)13-14-6-3-2-4-7-14/h2-4,6-7,10-12,19,22H,5,8-9,13H2,1H3/t19-/m1/s1. The van der Waals surface area contributed by atoms with Gasteiger partial charge in [0.2, 0.25) is 0 Å². The van der Waals surface area contributed by atoms with Crippen LogP contribution >= 0.6 is 0 Å². The summed E-state index contributed by atoms with van der Waals surface area (Å²) in [6.45, 7) is 0.788. The number of hydrogen-bond donors (Lipinski definition) is 1. The molecule has 2 aromatic carbocycles. The number of hydrogen-bond acceptors (Lipinski definition) is 2. The molecule has 1 atom stereocenters. The number of benzene rings is 2. The lowest BCUT2D eigenvalue weighted by atomic mass is 9.93. The summed E-state index contributed by atoms with van der Waals surface area (Å²) in [5.41, 5.74) is 4.80. The van der Waals surface area contributed by atoms with Crippen LogP contribution in [0.5, 0.6) is 5.75 Å². The summed E-state index contributed by atoms with van der Waals surface area (Å²) in [6, 6.07) is 16.7. The van der Waals surface area contributed by atoms with Crippen LogP contribution < -0.4 is 4.74 Å². The van der Waals surface area contributed by atoms with Crippen LogP contribution in [0.25, 0.3) is 10.9 Å². The van der Waals surface area contributed by atoms with E-state index < -0.39 is 0 Å². The van der Waals surface area contributed by atoms with E-state index in [0.29, 0.717) is 0 Å². The van der Waals surface area contributed by atoms with Crippen molar-refractivity contribution >= 4 is 10.9 Å². The Morgan fingerprint density at radius 1 is 1.17 bits per heavy atom. The molecular weight excluding hydrogens is 286 g/mol. The number of aliphatic hydroxyl groups is 1. The molecule has 4 rings (SSSR count). The first-order valence-corrected chi connectivity index (χ1v) is 8.19. The molecule has 0 spiro atoms. The van der Waals surface area contributed by atoms with Crippen molar-refractivity contribution in [1.82, 2.24) is 4.57 Å². The predicted molar refractivity (Wildman–Crippen MR) is 91.9 cm³/mol. The van der Waals surface area contributed by atoms with Gasteiger partial charge in [-0.15, -0.1) is 0 Å². The summed E-state index contributed by atoms with van der Waals surface area (Å²) in [5.74, 6) is 0.872. The van der Waals surface area contributed by atoms with Gasteiger partial charge in [0.05, 0.1) is 18.9 Å². The zero-order valence-corrected chi connectivity index (χ0v) is 13.3. The second-order valence-corrected chi connectivity index (χ2v) is 6.23. The molecule has 1 aromatic heterocycles. The molecule has 3 heteroatoms. The number of aromatic nitrogens is 1. The van der Waals surface area contributed by atoms with Gasteiger partial charge >= 0.3 is 0 Å². The van der Waals surface area contributed by atoms with Crippen LogP contribution in [0.15, 0.2) is 48.5 Å². The molecule has 0 fully saturated rings. The fraction of sp³-hybridized carbons (Fsp3) is 0.300. The minimum atomic E-state index is -0.374. The molecule has 1 heterocycles. The second-order valence-electron chi connectivity index (χ2n) is 6.23. The lowest BCUT2D eigenvalue weighted by Crippen LogP contribution is -2.14. The van der Waals surface area contributed by atoms with Crippen LogP contribution in [-0.2, 0) is 13.0 Å². The molecule has 0 aliphatic heterocycles. The van der Waals surface area contributed by atoms with Gasteiger partial charge in [-0.2, -0.15) is 0 Å². The summed E-state index contributed by atoms with van der Waals surface area (Å²) in [4.78, 5) is 0. The van der Waals surface area contributed by atoms with Gasteiger partial charge in [0.15, 0.2) is 0 Å². The first kappa shape index (κ1) is 14.3. The molecule has 0 saturated heterocycles. The molecule has 118 valence electrons. The summed E-state index contributed by atoms with van der Waals surface area (Å²) >= 11 is 0. The molecule has 0 radical (unpaired) electrons. The SMILES string of the molecule is COc1ccc2c(c1)c1c(n2Cc2ccccc2)[C@H](O)CCC1. The molecule has 3 nitrogen and oxygen atoms in total. The van der Waals surface area contributed by atoms with E-state index in [-0.39, 0.29) is 6.10 Å². The predicted octanol–water partition coefficient (Wildman–Crippen LogP) is 4.07. The Balaban J connectivity index is 1.93. The highest BCUT2D eigenvalue weighted by Crippen LogP contribution is 2.39. The van der Waals surface area contributed by atoms with Gasteiger partial charge in [0, 0.05) is 17.4 Å². The molecule has 0 saturated carbocycles. The highest BCUT2D eigenvalue weighted by Gasteiger charge is 2.26. The molecule has 3 aromatic rings. The van der Waals surface area contributed by atoms with Crippen LogP contribution in [0.2, 0.25) is 0 Å². The van der Waals surface area contributed by atoms with Crippen molar-refractivity contribution in [2.45, 2.75) is 31.9 Å². The van der Waals surface area contributed by atoms with Crippen molar-refractivity contribution in [3.63, 3.8) is 0 Å². The number of aliphatic hydroxyl groups excluding tert-OH is 1. The Bertz CT molecular complexity index is 836. The van der Waals surface area contributed by atoms with E-state index in [1.807, 2.05) is 12.1 Å². The summed E-state index contributed by atoms with van der Waals surface area (Å²) in [6.07, 6.45) is 2.53. The number of ether oxygens (including phenoxy) is 1. The Labute approximate surface area is 136 Å². The minimum absolute atomic E-state index is 0.374. The average Bonchev–Trinajstić information content (AvgIpc) is 2.90. The van der Waals surface area contributed by atoms with Crippen molar-refractivity contribution in [3.8, 4) is 5.75 Å². The molecule has 0 unspecified atom stereocenters. The third-order valence-corrected chi connectivity index (χ3v) is 4.82. The average molecular weight is 307 g/mol. The van der Waals surface area contributed by atoms with Gasteiger partial charge in [-0.05, 0) is 48.6 Å². The van der Waals surface area contributed by atoms with Gasteiger partial charge in [-0.25, -0.2) is 0 Å². The highest BCUT2D eigenvalue weighted by molar-refractivity contribution is 5.87. The maximum absolute atomic E-state index is 10.6. The fourth-order valence-corrected chi connectivity index (χ4v) is 3.74. The molecule has 1 aliphatic carbocycles. The third-order valence-electron chi connectivity index (χ3n) is 4.82. The zero-order chi connectivity index (χ0) is 15.8. The van der Waals surface area contributed by atoms with E-state index in [0.717, 1.165) is 37.3 Å². The summed E-state index contributed by atoms with van der Waals surface area (Å²) < 4.78 is 7.68. The van der Waals surface area contributed by atoms with Crippen molar-refractivity contribution in [3.05, 3.63) is 65.4 Å². The lowest BCUT2D eigenvalue weighted by Gasteiger charge is -2.21. The van der Waals surface area contributed by atoms with Crippen molar-refractivity contribution in [2.75, 3.05) is 7.11 Å². The Kier molecular flexibility index (Phi) is 3.58. The van der Waals surface area contributed by atoms with E-state index in [4.69, 9.17) is 4.74 Å². The third kappa shape index (κ3) is 2.41. The molecule has 1 N–H and O–H groups in total. The van der Waals surface area contributed by atoms with Gasteiger partial charge in [-0.1, -0.05) is 30.3 Å². The molecule has 1 aliphatic rings. The maximum Gasteiger partial charge on any atom is 0.119 e. The Hall–Kier alpha value is -2.26. The van der Waals surface area contributed by atoms with Gasteiger partial charge in [0.1, 0.15) is 5.75 Å². The first-order chi connectivity index (χ1) is 11.3. The van der Waals surface area contributed by atoms with E-state index in [9.17, 15) is 5.11 Å². The van der Waals surface area contributed by atoms with Gasteiger partial charge in [0.25, 0.3) is 0 Å². The molecule has 23 heavy (non-hydrogen) atoms. The zero-order valence-electron chi connectivity index (χ0n) is 13.3. The second kappa shape index (κ2) is 5.74. The Morgan fingerprint density at radius 2 is 2.00 bits per heavy atom. The number of nitrogens with zero attached hydrogens (tertiary/aromatic N) is 1. The smallest absolute Gasteiger partial charge is 0.119 e. The van der Waals surface area contributed by atoms with E-state index in [1.54, 1.807) is 7.11 Å². The Morgan fingerprint density at radius 3 is 2.78 bits per heavy atom. The van der Waals surface area contributed by atoms with Crippen molar-refractivity contribution < 1.29 is 9.84 Å². The fourth-order valence-electron chi connectivity index (χ4n) is 3.74. The van der Waals surface area contributed by atoms with E-state index in [2.05, 4.69) is 41.0 Å². The van der Waals surface area contributed by atoms with Crippen molar-refractivity contribution in [1.29, 1.82) is 0 Å². The van der Waals surface area contributed by atoms with Crippen molar-refractivity contribution in [2.24, 2.45) is 0 Å². The number of aryl methyl sites for hydroxylation is 1. The van der Waals surface area contributed by atoms with E-state index in [1.165, 1.54) is 22.0 Å². The van der Waals surface area contributed by atoms with Crippen LogP contribution in [0, 0.1) is 0 Å². The number of fused-ring (bicyclic) bond motifs is 3. The number of methoxy groups -OCH3 is 1. The highest BCUT2D eigenvalue weighted by atomic mass is 16.5. The maximum atomic E-state index is 10.6. The van der Waals surface area contributed by atoms with E-state index >= 15 is 0 Å². The summed E-state index contributed by atoms with van der Waals surface area (Å²) in [7, 11) is 1.70. The normalized spacial score (nSPS) is 17.2. The first-order valence-electron chi connectivity index (χ1n) is 8.19. The van der Waals surface area contributed by atoms with Crippen LogP contribution in [0.4, 0.5) is 0 Å². The van der Waals surface area contributed by atoms with Gasteiger partial charge in [-0.3, -0.25) is 0 Å². The van der Waals surface area contributed by atoms with Crippen LogP contribution in [0.1, 0.15) is 35.8 Å². The quantitative estimate of drug-likeness (QED) is 0.791. The lowest BCUT2D eigenvalue weighted by molar-refractivity contribution is 0.148. The monoisotopic (exact) mass is 307 g/mol. The summed E-state index contributed by atoms with van der Waals surface area (Å²) in [5, 5.41) is 11.8. The molecule has 0 amide bonds. The molecule has 0 bridgehead atoms. The van der Waals surface area contributed by atoms with Gasteiger partial charge < -0.3 is 14.4 Å². The number of rotatable bonds is 3. The topological polar surface area (TPSA) is 34.4 Å². The molecular formula is C20H21NO2. The van der Waals surface area contributed by atoms with Crippen LogP contribution in [-0.4, -0.2) is 16.8 Å². The van der Waals surface area contributed by atoms with Crippen LogP contribution in [0.3, 0.4) is 0 Å². The largest absolute Gasteiger partial charge is 0.497 e.